The first-order chi connectivity index (χ1) is 4.34. The predicted octanol–water partition coefficient (Wildman–Crippen LogP) is 1.25. The van der Waals surface area contributed by atoms with E-state index in [2.05, 4.69) is 12.2 Å². The number of ether oxygens (including phenoxy) is 1. The van der Waals surface area contributed by atoms with Gasteiger partial charge in [-0.25, -0.2) is 0 Å². The summed E-state index contributed by atoms with van der Waals surface area (Å²) < 4.78 is 5.30. The van der Waals surface area contributed by atoms with Gasteiger partial charge in [-0.05, 0) is 13.3 Å². The SMILES string of the molecule is CCC1=C(C)OCCN1. The molecule has 0 aromatic rings. The molecule has 52 valence electrons. The lowest BCUT2D eigenvalue weighted by molar-refractivity contribution is 0.191. The Morgan fingerprint density at radius 3 is 2.89 bits per heavy atom. The van der Waals surface area contributed by atoms with Gasteiger partial charge >= 0.3 is 0 Å². The van der Waals surface area contributed by atoms with Gasteiger partial charge in [0.25, 0.3) is 0 Å². The average Bonchev–Trinajstić information content (AvgIpc) is 1.89. The summed E-state index contributed by atoms with van der Waals surface area (Å²) in [6.07, 6.45) is 1.05. The molecule has 9 heavy (non-hydrogen) atoms. The molecule has 0 amide bonds. The second-order valence-corrected chi connectivity index (χ2v) is 2.16. The largest absolute Gasteiger partial charge is 0.495 e. The van der Waals surface area contributed by atoms with E-state index in [0.717, 1.165) is 25.3 Å². The number of nitrogens with one attached hydrogen (secondary N) is 1. The van der Waals surface area contributed by atoms with Crippen molar-refractivity contribution in [1.29, 1.82) is 0 Å². The van der Waals surface area contributed by atoms with Gasteiger partial charge in [0, 0.05) is 12.2 Å². The molecule has 0 atom stereocenters. The van der Waals surface area contributed by atoms with Crippen LogP contribution >= 0.6 is 0 Å². The number of hydrogen-bond acceptors (Lipinski definition) is 2. The van der Waals surface area contributed by atoms with E-state index >= 15 is 0 Å². The first-order valence-corrected chi connectivity index (χ1v) is 3.41. The third kappa shape index (κ3) is 1.37. The molecule has 2 heteroatoms. The molecule has 0 unspecified atom stereocenters. The Morgan fingerprint density at radius 2 is 2.44 bits per heavy atom. The first-order valence-electron chi connectivity index (χ1n) is 3.41. The van der Waals surface area contributed by atoms with Gasteiger partial charge in [-0.1, -0.05) is 6.92 Å². The summed E-state index contributed by atoms with van der Waals surface area (Å²) in [4.78, 5) is 0. The maximum Gasteiger partial charge on any atom is 0.112 e. The van der Waals surface area contributed by atoms with Crippen molar-refractivity contribution < 1.29 is 4.74 Å². The molecule has 0 radical (unpaired) electrons. The average molecular weight is 127 g/mol. The monoisotopic (exact) mass is 127 g/mol. The molecule has 0 bridgehead atoms. The Balaban J connectivity index is 2.59. The Labute approximate surface area is 55.9 Å². The summed E-state index contributed by atoms with van der Waals surface area (Å²) in [6, 6.07) is 0. The van der Waals surface area contributed by atoms with Crippen molar-refractivity contribution >= 4 is 0 Å². The van der Waals surface area contributed by atoms with Crippen LogP contribution in [0.15, 0.2) is 11.5 Å². The Kier molecular flexibility index (Phi) is 1.98. The molecule has 0 saturated heterocycles. The quantitative estimate of drug-likeness (QED) is 0.572. The van der Waals surface area contributed by atoms with E-state index in [1.54, 1.807) is 0 Å². The summed E-state index contributed by atoms with van der Waals surface area (Å²) in [5, 5.41) is 3.27. The molecule has 0 saturated carbocycles. The normalized spacial score (nSPS) is 18.9. The van der Waals surface area contributed by atoms with E-state index in [9.17, 15) is 0 Å². The van der Waals surface area contributed by atoms with Crippen molar-refractivity contribution in [2.45, 2.75) is 20.3 Å². The fourth-order valence-electron chi connectivity index (χ4n) is 0.992. The minimum absolute atomic E-state index is 0.815. The van der Waals surface area contributed by atoms with Crippen LogP contribution in [0.25, 0.3) is 0 Å². The van der Waals surface area contributed by atoms with Crippen molar-refractivity contribution in [1.82, 2.24) is 5.32 Å². The van der Waals surface area contributed by atoms with E-state index in [1.165, 1.54) is 5.70 Å². The molecule has 0 spiro atoms. The summed E-state index contributed by atoms with van der Waals surface area (Å²) in [5.41, 5.74) is 1.25. The second kappa shape index (κ2) is 2.76. The molecule has 1 heterocycles. The highest BCUT2D eigenvalue weighted by atomic mass is 16.5. The molecule has 2 nitrogen and oxygen atoms in total. The van der Waals surface area contributed by atoms with E-state index in [0.29, 0.717) is 0 Å². The predicted molar refractivity (Wildman–Crippen MR) is 36.9 cm³/mol. The van der Waals surface area contributed by atoms with Gasteiger partial charge in [-0.2, -0.15) is 0 Å². The van der Waals surface area contributed by atoms with E-state index in [-0.39, 0.29) is 0 Å². The Hall–Kier alpha value is -0.660. The van der Waals surface area contributed by atoms with E-state index in [4.69, 9.17) is 4.74 Å². The summed E-state index contributed by atoms with van der Waals surface area (Å²) >= 11 is 0. The van der Waals surface area contributed by atoms with Crippen LogP contribution in [0.3, 0.4) is 0 Å². The maximum atomic E-state index is 5.30. The highest BCUT2D eigenvalue weighted by Gasteiger charge is 2.05. The summed E-state index contributed by atoms with van der Waals surface area (Å²) in [6.45, 7) is 5.90. The van der Waals surface area contributed by atoms with Crippen molar-refractivity contribution in [2.75, 3.05) is 13.2 Å². The van der Waals surface area contributed by atoms with Crippen molar-refractivity contribution in [3.63, 3.8) is 0 Å². The van der Waals surface area contributed by atoms with Crippen molar-refractivity contribution in [3.8, 4) is 0 Å². The second-order valence-electron chi connectivity index (χ2n) is 2.16. The molecule has 0 fully saturated rings. The molecule has 1 aliphatic rings. The minimum Gasteiger partial charge on any atom is -0.495 e. The zero-order valence-corrected chi connectivity index (χ0v) is 6.03. The van der Waals surface area contributed by atoms with Gasteiger partial charge in [-0.15, -0.1) is 0 Å². The first kappa shape index (κ1) is 6.46. The van der Waals surface area contributed by atoms with Crippen LogP contribution in [0.1, 0.15) is 20.3 Å². The van der Waals surface area contributed by atoms with Crippen LogP contribution in [0.2, 0.25) is 0 Å². The fourth-order valence-corrected chi connectivity index (χ4v) is 0.992. The van der Waals surface area contributed by atoms with Crippen molar-refractivity contribution in [2.24, 2.45) is 0 Å². The van der Waals surface area contributed by atoms with Gasteiger partial charge in [-0.3, -0.25) is 0 Å². The molecule has 0 aromatic carbocycles. The molecular weight excluding hydrogens is 114 g/mol. The van der Waals surface area contributed by atoms with Gasteiger partial charge in [0.1, 0.15) is 12.4 Å². The molecule has 0 aromatic heterocycles. The van der Waals surface area contributed by atoms with Crippen LogP contribution in [-0.2, 0) is 4.74 Å². The zero-order valence-electron chi connectivity index (χ0n) is 6.03. The molecule has 0 aliphatic carbocycles. The van der Waals surface area contributed by atoms with Gasteiger partial charge in [0.2, 0.25) is 0 Å². The van der Waals surface area contributed by atoms with Crippen molar-refractivity contribution in [3.05, 3.63) is 11.5 Å². The highest BCUT2D eigenvalue weighted by molar-refractivity contribution is 5.05. The van der Waals surface area contributed by atoms with Crippen LogP contribution in [0.4, 0.5) is 0 Å². The van der Waals surface area contributed by atoms with E-state index < -0.39 is 0 Å². The van der Waals surface area contributed by atoms with Gasteiger partial charge in [0.15, 0.2) is 0 Å². The lowest BCUT2D eigenvalue weighted by Crippen LogP contribution is -2.25. The van der Waals surface area contributed by atoms with Gasteiger partial charge in [0.05, 0.1) is 0 Å². The Bertz CT molecular complexity index is 129. The van der Waals surface area contributed by atoms with Crippen LogP contribution in [0.5, 0.6) is 0 Å². The lowest BCUT2D eigenvalue weighted by Gasteiger charge is -2.19. The standard InChI is InChI=1S/C7H13NO/c1-3-7-6(2)9-5-4-8-7/h8H,3-5H2,1-2H3. The molecule has 1 rings (SSSR count). The van der Waals surface area contributed by atoms with Crippen LogP contribution in [0, 0.1) is 0 Å². The number of hydrogen-bond donors (Lipinski definition) is 1. The summed E-state index contributed by atoms with van der Waals surface area (Å²) in [7, 11) is 0. The minimum atomic E-state index is 0.815. The Morgan fingerprint density at radius 1 is 1.67 bits per heavy atom. The molecular formula is C7H13NO. The zero-order chi connectivity index (χ0) is 6.69. The third-order valence-corrected chi connectivity index (χ3v) is 1.54. The fraction of sp³-hybridized carbons (Fsp3) is 0.714. The molecule has 1 aliphatic heterocycles. The smallest absolute Gasteiger partial charge is 0.112 e. The topological polar surface area (TPSA) is 21.3 Å². The van der Waals surface area contributed by atoms with Gasteiger partial charge < -0.3 is 10.1 Å². The van der Waals surface area contributed by atoms with Crippen LogP contribution < -0.4 is 5.32 Å². The number of allylic oxidation sites excluding steroid dienone is 2. The van der Waals surface area contributed by atoms with E-state index in [1.807, 2.05) is 6.92 Å². The maximum absolute atomic E-state index is 5.30. The van der Waals surface area contributed by atoms with Crippen LogP contribution in [-0.4, -0.2) is 13.2 Å². The lowest BCUT2D eigenvalue weighted by atomic mass is 10.3. The summed E-state index contributed by atoms with van der Waals surface area (Å²) in [5.74, 6) is 1.06. The highest BCUT2D eigenvalue weighted by Crippen LogP contribution is 2.09. The third-order valence-electron chi connectivity index (χ3n) is 1.54. The molecule has 1 N–H and O–H groups in total. The number of rotatable bonds is 1.